The number of rotatable bonds is 4. The highest BCUT2D eigenvalue weighted by atomic mass is 16.5. The zero-order valence-corrected chi connectivity index (χ0v) is 16.0. The SMILES string of the molecule is COc1ccc(N2CCN(CN3C(=O)c4cccc5cccc3c45)CC2)cc1. The average molecular weight is 373 g/mol. The number of hydrogen-bond acceptors (Lipinski definition) is 4. The Kier molecular flexibility index (Phi) is 4.17. The molecule has 5 heteroatoms. The molecule has 0 N–H and O–H groups in total. The molecule has 5 rings (SSSR count). The maximum Gasteiger partial charge on any atom is 0.260 e. The van der Waals surface area contributed by atoms with E-state index in [0.717, 1.165) is 54.0 Å². The van der Waals surface area contributed by atoms with E-state index in [9.17, 15) is 4.79 Å². The summed E-state index contributed by atoms with van der Waals surface area (Å²) in [6.07, 6.45) is 0. The summed E-state index contributed by atoms with van der Waals surface area (Å²) < 4.78 is 5.24. The van der Waals surface area contributed by atoms with Gasteiger partial charge in [-0.2, -0.15) is 0 Å². The number of amides is 1. The minimum absolute atomic E-state index is 0.115. The van der Waals surface area contributed by atoms with E-state index in [0.29, 0.717) is 6.67 Å². The van der Waals surface area contributed by atoms with Gasteiger partial charge in [0.25, 0.3) is 5.91 Å². The van der Waals surface area contributed by atoms with Gasteiger partial charge in [0.05, 0.1) is 19.5 Å². The minimum Gasteiger partial charge on any atom is -0.497 e. The third-order valence-corrected chi connectivity index (χ3v) is 5.80. The summed E-state index contributed by atoms with van der Waals surface area (Å²) >= 11 is 0. The van der Waals surface area contributed by atoms with Crippen molar-refractivity contribution in [3.63, 3.8) is 0 Å². The largest absolute Gasteiger partial charge is 0.497 e. The molecule has 5 nitrogen and oxygen atoms in total. The third kappa shape index (κ3) is 2.79. The summed E-state index contributed by atoms with van der Waals surface area (Å²) in [5.41, 5.74) is 3.08. The monoisotopic (exact) mass is 373 g/mol. The predicted molar refractivity (Wildman–Crippen MR) is 112 cm³/mol. The van der Waals surface area contributed by atoms with E-state index in [-0.39, 0.29) is 5.91 Å². The van der Waals surface area contributed by atoms with Crippen molar-refractivity contribution in [1.29, 1.82) is 0 Å². The van der Waals surface area contributed by atoms with Crippen LogP contribution in [0.4, 0.5) is 11.4 Å². The Morgan fingerprint density at radius 3 is 2.32 bits per heavy atom. The van der Waals surface area contributed by atoms with Gasteiger partial charge >= 0.3 is 0 Å². The fourth-order valence-electron chi connectivity index (χ4n) is 4.26. The number of carbonyl (C=O) groups is 1. The molecule has 2 heterocycles. The Bertz CT molecular complexity index is 1020. The number of anilines is 2. The number of carbonyl (C=O) groups excluding carboxylic acids is 1. The standard InChI is InChI=1S/C23H23N3O2/c1-28-19-10-8-18(9-11-19)25-14-12-24(13-15-25)16-26-21-7-3-5-17-4-2-6-20(22(17)21)23(26)27/h2-11H,12-16H2,1H3. The van der Waals surface area contributed by atoms with Crippen molar-refractivity contribution in [1.82, 2.24) is 4.90 Å². The molecule has 28 heavy (non-hydrogen) atoms. The molecule has 1 amide bonds. The van der Waals surface area contributed by atoms with Crippen LogP contribution in [0.15, 0.2) is 60.7 Å². The second kappa shape index (κ2) is 6.84. The Balaban J connectivity index is 1.28. The molecule has 0 aromatic heterocycles. The van der Waals surface area contributed by atoms with Crippen molar-refractivity contribution in [3.8, 4) is 5.75 Å². The van der Waals surface area contributed by atoms with Crippen molar-refractivity contribution in [2.75, 3.05) is 49.8 Å². The van der Waals surface area contributed by atoms with E-state index < -0.39 is 0 Å². The maximum absolute atomic E-state index is 13.0. The fraction of sp³-hybridized carbons (Fsp3) is 0.261. The molecular formula is C23H23N3O2. The van der Waals surface area contributed by atoms with E-state index in [1.807, 2.05) is 35.2 Å². The van der Waals surface area contributed by atoms with Gasteiger partial charge in [-0.1, -0.05) is 24.3 Å². The number of nitrogens with zero attached hydrogens (tertiary/aromatic N) is 3. The third-order valence-electron chi connectivity index (χ3n) is 5.80. The molecule has 1 fully saturated rings. The summed E-state index contributed by atoms with van der Waals surface area (Å²) in [5, 5.41) is 2.22. The van der Waals surface area contributed by atoms with Gasteiger partial charge in [-0.15, -0.1) is 0 Å². The topological polar surface area (TPSA) is 36.0 Å². The quantitative estimate of drug-likeness (QED) is 0.700. The van der Waals surface area contributed by atoms with Crippen molar-refractivity contribution in [2.45, 2.75) is 0 Å². The van der Waals surface area contributed by atoms with Gasteiger partial charge in [-0.05, 0) is 41.8 Å². The summed E-state index contributed by atoms with van der Waals surface area (Å²) in [6.45, 7) is 4.41. The van der Waals surface area contributed by atoms with Crippen molar-refractivity contribution >= 4 is 28.1 Å². The molecule has 0 spiro atoms. The minimum atomic E-state index is 0.115. The van der Waals surface area contributed by atoms with Crippen LogP contribution in [0, 0.1) is 0 Å². The van der Waals surface area contributed by atoms with Gasteiger partial charge in [0.2, 0.25) is 0 Å². The first-order chi connectivity index (χ1) is 13.7. The highest BCUT2D eigenvalue weighted by Gasteiger charge is 2.31. The van der Waals surface area contributed by atoms with Gasteiger partial charge in [-0.3, -0.25) is 14.6 Å². The molecule has 3 aromatic rings. The van der Waals surface area contributed by atoms with Crippen LogP contribution in [-0.2, 0) is 0 Å². The Morgan fingerprint density at radius 2 is 1.61 bits per heavy atom. The van der Waals surface area contributed by atoms with Crippen LogP contribution in [0.2, 0.25) is 0 Å². The molecule has 0 unspecified atom stereocenters. The lowest BCUT2D eigenvalue weighted by molar-refractivity contribution is 0.0972. The normalized spacial score (nSPS) is 16.8. The van der Waals surface area contributed by atoms with Gasteiger partial charge in [0, 0.05) is 42.8 Å². The van der Waals surface area contributed by atoms with Crippen molar-refractivity contribution < 1.29 is 9.53 Å². The Labute approximate surface area is 164 Å². The van der Waals surface area contributed by atoms with Gasteiger partial charge in [-0.25, -0.2) is 0 Å². The molecule has 2 aliphatic heterocycles. The molecule has 1 saturated heterocycles. The average Bonchev–Trinajstić information content (AvgIpc) is 3.02. The predicted octanol–water partition coefficient (Wildman–Crippen LogP) is 3.59. The van der Waals surface area contributed by atoms with Crippen molar-refractivity contribution in [3.05, 3.63) is 66.2 Å². The fourth-order valence-corrected chi connectivity index (χ4v) is 4.26. The lowest BCUT2D eigenvalue weighted by Crippen LogP contribution is -2.50. The number of methoxy groups -OCH3 is 1. The Morgan fingerprint density at radius 1 is 0.893 bits per heavy atom. The van der Waals surface area contributed by atoms with E-state index in [2.05, 4.69) is 40.1 Å². The van der Waals surface area contributed by atoms with E-state index in [1.54, 1.807) is 7.11 Å². The van der Waals surface area contributed by atoms with E-state index in [4.69, 9.17) is 4.74 Å². The number of piperazine rings is 1. The summed E-state index contributed by atoms with van der Waals surface area (Å²) in [6, 6.07) is 20.4. The van der Waals surface area contributed by atoms with Crippen LogP contribution in [-0.4, -0.2) is 50.8 Å². The molecule has 0 bridgehead atoms. The highest BCUT2D eigenvalue weighted by molar-refractivity contribution is 6.24. The Hall–Kier alpha value is -3.05. The van der Waals surface area contributed by atoms with Crippen molar-refractivity contribution in [2.24, 2.45) is 0 Å². The first-order valence-corrected chi connectivity index (χ1v) is 9.69. The summed E-state index contributed by atoms with van der Waals surface area (Å²) in [4.78, 5) is 19.7. The first kappa shape index (κ1) is 17.1. The molecule has 0 saturated carbocycles. The molecular weight excluding hydrogens is 350 g/mol. The second-order valence-electron chi connectivity index (χ2n) is 7.36. The lowest BCUT2D eigenvalue weighted by atomic mass is 10.1. The van der Waals surface area contributed by atoms with Gasteiger partial charge < -0.3 is 9.64 Å². The lowest BCUT2D eigenvalue weighted by Gasteiger charge is -2.37. The van der Waals surface area contributed by atoms with Crippen LogP contribution in [0.5, 0.6) is 5.75 Å². The molecule has 0 aliphatic carbocycles. The summed E-state index contributed by atoms with van der Waals surface area (Å²) in [5.74, 6) is 0.994. The molecule has 2 aliphatic rings. The van der Waals surface area contributed by atoms with Crippen LogP contribution >= 0.6 is 0 Å². The van der Waals surface area contributed by atoms with Gasteiger partial charge in [0.15, 0.2) is 0 Å². The number of hydrogen-bond donors (Lipinski definition) is 0. The smallest absolute Gasteiger partial charge is 0.260 e. The molecule has 0 atom stereocenters. The highest BCUT2D eigenvalue weighted by Crippen LogP contribution is 2.37. The van der Waals surface area contributed by atoms with Gasteiger partial charge in [0.1, 0.15) is 5.75 Å². The number of benzene rings is 3. The van der Waals surface area contributed by atoms with E-state index >= 15 is 0 Å². The molecule has 142 valence electrons. The maximum atomic E-state index is 13.0. The first-order valence-electron chi connectivity index (χ1n) is 9.69. The zero-order chi connectivity index (χ0) is 19.1. The zero-order valence-electron chi connectivity index (χ0n) is 16.0. The number of ether oxygens (including phenoxy) is 1. The van der Waals surface area contributed by atoms with Crippen LogP contribution in [0.25, 0.3) is 10.8 Å². The van der Waals surface area contributed by atoms with Crippen LogP contribution in [0.1, 0.15) is 10.4 Å². The second-order valence-corrected chi connectivity index (χ2v) is 7.36. The van der Waals surface area contributed by atoms with E-state index in [1.165, 1.54) is 5.69 Å². The molecule has 3 aromatic carbocycles. The summed E-state index contributed by atoms with van der Waals surface area (Å²) in [7, 11) is 1.69. The molecule has 0 radical (unpaired) electrons. The van der Waals surface area contributed by atoms with Crippen LogP contribution in [0.3, 0.4) is 0 Å². The van der Waals surface area contributed by atoms with Crippen LogP contribution < -0.4 is 14.5 Å².